The zero-order chi connectivity index (χ0) is 14.6. The Morgan fingerprint density at radius 1 is 1.55 bits per heavy atom. The van der Waals surface area contributed by atoms with Crippen molar-refractivity contribution in [3.05, 3.63) is 24.3 Å². The molecule has 5 heteroatoms. The molecule has 1 fully saturated rings. The van der Waals surface area contributed by atoms with Crippen LogP contribution in [0.15, 0.2) is 24.3 Å². The van der Waals surface area contributed by atoms with Crippen LogP contribution in [0, 0.1) is 0 Å². The first-order chi connectivity index (χ1) is 9.44. The molecular formula is C15H22N2O3. The molecule has 1 aromatic carbocycles. The van der Waals surface area contributed by atoms with Crippen molar-refractivity contribution < 1.29 is 14.3 Å². The number of anilines is 1. The first-order valence-electron chi connectivity index (χ1n) is 6.86. The van der Waals surface area contributed by atoms with E-state index < -0.39 is 0 Å². The van der Waals surface area contributed by atoms with Gasteiger partial charge in [0.1, 0.15) is 5.75 Å². The number of nitrogen functional groups attached to an aromatic ring is 1. The van der Waals surface area contributed by atoms with Crippen LogP contribution in [0.2, 0.25) is 0 Å². The van der Waals surface area contributed by atoms with Gasteiger partial charge in [-0.3, -0.25) is 4.79 Å². The molecule has 0 aromatic heterocycles. The van der Waals surface area contributed by atoms with E-state index in [2.05, 4.69) is 5.32 Å². The summed E-state index contributed by atoms with van der Waals surface area (Å²) in [4.78, 5) is 11.9. The smallest absolute Gasteiger partial charge is 0.258 e. The first kappa shape index (κ1) is 14.7. The maximum Gasteiger partial charge on any atom is 0.258 e. The number of amides is 1. The van der Waals surface area contributed by atoms with Crippen LogP contribution >= 0.6 is 0 Å². The predicted molar refractivity (Wildman–Crippen MR) is 77.5 cm³/mol. The number of benzene rings is 1. The number of hydrogen-bond acceptors (Lipinski definition) is 4. The third-order valence-corrected chi connectivity index (χ3v) is 3.29. The van der Waals surface area contributed by atoms with Crippen LogP contribution < -0.4 is 15.8 Å². The summed E-state index contributed by atoms with van der Waals surface area (Å²) >= 11 is 0. The standard InChI is InChI=1S/C15H22N2O3/c1-15(2)9-12(6-7-20-15)17-14(18)10-19-13-5-3-4-11(16)8-13/h3-5,8,12H,6-7,9-10,16H2,1-2H3,(H,17,18). The summed E-state index contributed by atoms with van der Waals surface area (Å²) in [5, 5.41) is 2.98. The molecule has 0 aliphatic carbocycles. The van der Waals surface area contributed by atoms with E-state index in [9.17, 15) is 4.79 Å². The summed E-state index contributed by atoms with van der Waals surface area (Å²) in [6, 6.07) is 7.20. The minimum atomic E-state index is -0.176. The van der Waals surface area contributed by atoms with Gasteiger partial charge in [-0.25, -0.2) is 0 Å². The van der Waals surface area contributed by atoms with Crippen molar-refractivity contribution in [2.45, 2.75) is 38.3 Å². The van der Waals surface area contributed by atoms with E-state index in [1.165, 1.54) is 0 Å². The van der Waals surface area contributed by atoms with Crippen molar-refractivity contribution in [3.63, 3.8) is 0 Å². The second-order valence-electron chi connectivity index (χ2n) is 5.73. The van der Waals surface area contributed by atoms with E-state index in [0.29, 0.717) is 18.0 Å². The Morgan fingerprint density at radius 2 is 2.35 bits per heavy atom. The molecule has 0 bridgehead atoms. The quantitative estimate of drug-likeness (QED) is 0.822. The van der Waals surface area contributed by atoms with Crippen molar-refractivity contribution in [3.8, 4) is 5.75 Å². The summed E-state index contributed by atoms with van der Waals surface area (Å²) in [5.74, 6) is 0.489. The molecule has 0 spiro atoms. The number of rotatable bonds is 4. The van der Waals surface area contributed by atoms with Crippen LogP contribution in [-0.4, -0.2) is 30.8 Å². The number of carbonyl (C=O) groups is 1. The summed E-state index contributed by atoms with van der Waals surface area (Å²) in [6.07, 6.45) is 1.66. The molecule has 1 aliphatic rings. The summed E-state index contributed by atoms with van der Waals surface area (Å²) in [6.45, 7) is 4.75. The zero-order valence-corrected chi connectivity index (χ0v) is 12.0. The highest BCUT2D eigenvalue weighted by Gasteiger charge is 2.29. The maximum absolute atomic E-state index is 11.9. The molecule has 1 unspecified atom stereocenters. The highest BCUT2D eigenvalue weighted by Crippen LogP contribution is 2.23. The highest BCUT2D eigenvalue weighted by molar-refractivity contribution is 5.77. The van der Waals surface area contributed by atoms with Gasteiger partial charge in [0.05, 0.1) is 5.60 Å². The predicted octanol–water partition coefficient (Wildman–Crippen LogP) is 1.72. The number of hydrogen-bond donors (Lipinski definition) is 2. The van der Waals surface area contributed by atoms with Gasteiger partial charge in [-0.1, -0.05) is 6.07 Å². The van der Waals surface area contributed by atoms with Gasteiger partial charge in [0.25, 0.3) is 5.91 Å². The van der Waals surface area contributed by atoms with E-state index in [0.717, 1.165) is 12.8 Å². The summed E-state index contributed by atoms with van der Waals surface area (Å²) < 4.78 is 11.0. The molecule has 20 heavy (non-hydrogen) atoms. The second-order valence-corrected chi connectivity index (χ2v) is 5.73. The van der Waals surface area contributed by atoms with Crippen molar-refractivity contribution in [2.75, 3.05) is 18.9 Å². The summed E-state index contributed by atoms with van der Waals surface area (Å²) in [5.41, 5.74) is 6.09. The van der Waals surface area contributed by atoms with E-state index >= 15 is 0 Å². The average molecular weight is 278 g/mol. The Labute approximate surface area is 119 Å². The highest BCUT2D eigenvalue weighted by atomic mass is 16.5. The third kappa shape index (κ3) is 4.42. The number of ether oxygens (including phenoxy) is 2. The minimum Gasteiger partial charge on any atom is -0.484 e. The van der Waals surface area contributed by atoms with Crippen molar-refractivity contribution in [2.24, 2.45) is 0 Å². The monoisotopic (exact) mass is 278 g/mol. The van der Waals surface area contributed by atoms with Crippen LogP contribution in [0.1, 0.15) is 26.7 Å². The fourth-order valence-electron chi connectivity index (χ4n) is 2.38. The van der Waals surface area contributed by atoms with Crippen molar-refractivity contribution >= 4 is 11.6 Å². The molecular weight excluding hydrogens is 256 g/mol. The Kier molecular flexibility index (Phi) is 4.49. The lowest BCUT2D eigenvalue weighted by Gasteiger charge is -2.35. The van der Waals surface area contributed by atoms with Gasteiger partial charge in [0.15, 0.2) is 6.61 Å². The largest absolute Gasteiger partial charge is 0.484 e. The molecule has 5 nitrogen and oxygen atoms in total. The molecule has 1 aliphatic heterocycles. The van der Waals surface area contributed by atoms with E-state index in [-0.39, 0.29) is 24.2 Å². The summed E-state index contributed by atoms with van der Waals surface area (Å²) in [7, 11) is 0. The number of nitrogens with two attached hydrogens (primary N) is 1. The molecule has 1 saturated heterocycles. The Bertz CT molecular complexity index is 474. The molecule has 1 atom stereocenters. The third-order valence-electron chi connectivity index (χ3n) is 3.29. The van der Waals surface area contributed by atoms with Gasteiger partial charge in [-0.05, 0) is 38.8 Å². The Balaban J connectivity index is 1.78. The zero-order valence-electron chi connectivity index (χ0n) is 12.0. The minimum absolute atomic E-state index is 0.00123. The molecule has 0 saturated carbocycles. The van der Waals surface area contributed by atoms with Crippen LogP contribution in [-0.2, 0) is 9.53 Å². The fraction of sp³-hybridized carbons (Fsp3) is 0.533. The van der Waals surface area contributed by atoms with Crippen LogP contribution in [0.4, 0.5) is 5.69 Å². The molecule has 1 amide bonds. The van der Waals surface area contributed by atoms with Gasteiger partial charge >= 0.3 is 0 Å². The average Bonchev–Trinajstić information content (AvgIpc) is 2.35. The molecule has 110 valence electrons. The lowest BCUT2D eigenvalue weighted by Crippen LogP contribution is -2.47. The SMILES string of the molecule is CC1(C)CC(NC(=O)COc2cccc(N)c2)CCO1. The normalized spacial score (nSPS) is 21.2. The van der Waals surface area contributed by atoms with E-state index in [1.54, 1.807) is 24.3 Å². The van der Waals surface area contributed by atoms with Crippen molar-refractivity contribution in [1.82, 2.24) is 5.32 Å². The van der Waals surface area contributed by atoms with E-state index in [1.807, 2.05) is 13.8 Å². The molecule has 0 radical (unpaired) electrons. The second kappa shape index (κ2) is 6.13. The lowest BCUT2D eigenvalue weighted by molar-refractivity contribution is -0.126. The van der Waals surface area contributed by atoms with Crippen molar-refractivity contribution in [1.29, 1.82) is 0 Å². The molecule has 3 N–H and O–H groups in total. The lowest BCUT2D eigenvalue weighted by atomic mass is 9.94. The van der Waals surface area contributed by atoms with Gasteiger partial charge in [0, 0.05) is 24.4 Å². The molecule has 1 aromatic rings. The van der Waals surface area contributed by atoms with Gasteiger partial charge in [-0.15, -0.1) is 0 Å². The van der Waals surface area contributed by atoms with Gasteiger partial charge in [0.2, 0.25) is 0 Å². The Morgan fingerprint density at radius 3 is 3.05 bits per heavy atom. The van der Waals surface area contributed by atoms with Gasteiger partial charge in [-0.2, -0.15) is 0 Å². The van der Waals surface area contributed by atoms with Crippen LogP contribution in [0.5, 0.6) is 5.75 Å². The van der Waals surface area contributed by atoms with Gasteiger partial charge < -0.3 is 20.5 Å². The fourth-order valence-corrected chi connectivity index (χ4v) is 2.38. The number of carbonyl (C=O) groups excluding carboxylic acids is 1. The van der Waals surface area contributed by atoms with Crippen LogP contribution in [0.3, 0.4) is 0 Å². The first-order valence-corrected chi connectivity index (χ1v) is 6.86. The molecule has 2 rings (SSSR count). The topological polar surface area (TPSA) is 73.6 Å². The van der Waals surface area contributed by atoms with Crippen LogP contribution in [0.25, 0.3) is 0 Å². The number of nitrogens with one attached hydrogen (secondary N) is 1. The van der Waals surface area contributed by atoms with E-state index in [4.69, 9.17) is 15.2 Å². The maximum atomic E-state index is 11.9. The molecule has 1 heterocycles. The Hall–Kier alpha value is -1.75.